The van der Waals surface area contributed by atoms with Crippen molar-refractivity contribution in [1.82, 2.24) is 5.32 Å². The third kappa shape index (κ3) is 4.16. The third-order valence-electron chi connectivity index (χ3n) is 1.55. The molecule has 0 saturated carbocycles. The lowest BCUT2D eigenvalue weighted by molar-refractivity contribution is -0.274. The number of nitrogens with one attached hydrogen (secondary N) is 1. The molecule has 0 aliphatic carbocycles. The van der Waals surface area contributed by atoms with Crippen molar-refractivity contribution < 1.29 is 22.3 Å². The highest BCUT2D eigenvalue weighted by molar-refractivity contribution is 5.29. The molecule has 0 aromatic heterocycles. The van der Waals surface area contributed by atoms with Crippen molar-refractivity contribution in [2.45, 2.75) is 12.9 Å². The van der Waals surface area contributed by atoms with Crippen molar-refractivity contribution >= 4 is 0 Å². The molecule has 6 heteroatoms. The van der Waals surface area contributed by atoms with E-state index >= 15 is 0 Å². The molecule has 0 unspecified atom stereocenters. The summed E-state index contributed by atoms with van der Waals surface area (Å²) >= 11 is 0. The Balaban J connectivity index is 2.88. The molecule has 0 aliphatic rings. The van der Waals surface area contributed by atoms with Crippen LogP contribution in [0.5, 0.6) is 5.75 Å². The second-order valence-electron chi connectivity index (χ2n) is 2.87. The lowest BCUT2D eigenvalue weighted by Crippen LogP contribution is -2.17. The number of rotatable bonds is 3. The normalized spacial score (nSPS) is 11.5. The maximum absolute atomic E-state index is 12.9. The highest BCUT2D eigenvalue weighted by Gasteiger charge is 2.31. The van der Waals surface area contributed by atoms with Gasteiger partial charge >= 0.3 is 6.36 Å². The molecule has 2 nitrogen and oxygen atoms in total. The number of hydrogen-bond donors (Lipinski definition) is 1. The Kier molecular flexibility index (Phi) is 3.52. The number of hydrogen-bond acceptors (Lipinski definition) is 2. The van der Waals surface area contributed by atoms with Gasteiger partial charge in [0.1, 0.15) is 11.6 Å². The van der Waals surface area contributed by atoms with Crippen molar-refractivity contribution in [3.8, 4) is 5.75 Å². The minimum Gasteiger partial charge on any atom is -0.406 e. The first-order valence-corrected chi connectivity index (χ1v) is 4.10. The summed E-state index contributed by atoms with van der Waals surface area (Å²) in [6.45, 7) is 0.270. The summed E-state index contributed by atoms with van der Waals surface area (Å²) in [5, 5.41) is 2.70. The van der Waals surface area contributed by atoms with Crippen molar-refractivity contribution in [2.24, 2.45) is 0 Å². The lowest BCUT2D eigenvalue weighted by atomic mass is 10.2. The predicted molar refractivity (Wildman–Crippen MR) is 45.8 cm³/mol. The van der Waals surface area contributed by atoms with Gasteiger partial charge in [0.15, 0.2) is 0 Å². The highest BCUT2D eigenvalue weighted by Crippen LogP contribution is 2.24. The Labute approximate surface area is 83.9 Å². The molecule has 0 heterocycles. The van der Waals surface area contributed by atoms with Gasteiger partial charge in [0.25, 0.3) is 0 Å². The molecule has 1 N–H and O–H groups in total. The van der Waals surface area contributed by atoms with E-state index in [1.165, 1.54) is 0 Å². The monoisotopic (exact) mass is 223 g/mol. The van der Waals surface area contributed by atoms with Gasteiger partial charge in [-0.25, -0.2) is 4.39 Å². The number of ether oxygens (including phenoxy) is 1. The number of alkyl halides is 3. The lowest BCUT2D eigenvalue weighted by Gasteiger charge is -2.10. The zero-order valence-electron chi connectivity index (χ0n) is 7.86. The Morgan fingerprint density at radius 2 is 1.93 bits per heavy atom. The SMILES string of the molecule is CNCc1cc(F)cc(OC(F)(F)F)c1. The van der Waals surface area contributed by atoms with Gasteiger partial charge in [-0.15, -0.1) is 13.2 Å². The molecule has 15 heavy (non-hydrogen) atoms. The average molecular weight is 223 g/mol. The van der Waals surface area contributed by atoms with Gasteiger partial charge < -0.3 is 10.1 Å². The van der Waals surface area contributed by atoms with Gasteiger partial charge in [0, 0.05) is 12.6 Å². The van der Waals surface area contributed by atoms with Crippen molar-refractivity contribution in [3.05, 3.63) is 29.6 Å². The fourth-order valence-electron chi connectivity index (χ4n) is 1.12. The molecule has 0 atom stereocenters. The minimum absolute atomic E-state index is 0.270. The second kappa shape index (κ2) is 4.48. The van der Waals surface area contributed by atoms with Crippen molar-refractivity contribution in [2.75, 3.05) is 7.05 Å². The van der Waals surface area contributed by atoms with Gasteiger partial charge in [0.2, 0.25) is 0 Å². The average Bonchev–Trinajstić information content (AvgIpc) is 1.99. The van der Waals surface area contributed by atoms with Crippen LogP contribution in [0.3, 0.4) is 0 Å². The van der Waals surface area contributed by atoms with Crippen LogP contribution in [0.4, 0.5) is 17.6 Å². The topological polar surface area (TPSA) is 21.3 Å². The van der Waals surface area contributed by atoms with Crippen LogP contribution in [-0.4, -0.2) is 13.4 Å². The molecule has 0 bridgehead atoms. The van der Waals surface area contributed by atoms with E-state index in [-0.39, 0.29) is 6.54 Å². The van der Waals surface area contributed by atoms with E-state index in [0.717, 1.165) is 12.1 Å². The molecule has 0 aliphatic heterocycles. The Morgan fingerprint density at radius 3 is 2.47 bits per heavy atom. The summed E-state index contributed by atoms with van der Waals surface area (Å²) in [5.74, 6) is -1.31. The maximum Gasteiger partial charge on any atom is 0.573 e. The molecule has 0 radical (unpaired) electrons. The van der Waals surface area contributed by atoms with Gasteiger partial charge in [-0.05, 0) is 24.7 Å². The molecule has 0 saturated heterocycles. The third-order valence-corrected chi connectivity index (χ3v) is 1.55. The molecule has 1 rings (SSSR count). The van der Waals surface area contributed by atoms with Gasteiger partial charge in [-0.1, -0.05) is 0 Å². The quantitative estimate of drug-likeness (QED) is 0.794. The molecule has 1 aromatic carbocycles. The Morgan fingerprint density at radius 1 is 1.27 bits per heavy atom. The van der Waals surface area contributed by atoms with Gasteiger partial charge in [0.05, 0.1) is 0 Å². The van der Waals surface area contributed by atoms with Crippen LogP contribution in [0.2, 0.25) is 0 Å². The zero-order chi connectivity index (χ0) is 11.5. The Bertz CT molecular complexity index is 337. The largest absolute Gasteiger partial charge is 0.573 e. The second-order valence-corrected chi connectivity index (χ2v) is 2.87. The zero-order valence-corrected chi connectivity index (χ0v) is 7.86. The van der Waals surface area contributed by atoms with E-state index in [2.05, 4.69) is 10.1 Å². The van der Waals surface area contributed by atoms with Crippen molar-refractivity contribution in [1.29, 1.82) is 0 Å². The first-order chi connectivity index (χ1) is 6.90. The van der Waals surface area contributed by atoms with Crippen LogP contribution < -0.4 is 10.1 Å². The summed E-state index contributed by atoms with van der Waals surface area (Å²) in [7, 11) is 1.61. The van der Waals surface area contributed by atoms with Crippen LogP contribution in [0.1, 0.15) is 5.56 Å². The summed E-state index contributed by atoms with van der Waals surface area (Å²) < 4.78 is 51.9. The molecule has 1 aromatic rings. The van der Waals surface area contributed by atoms with E-state index in [1.807, 2.05) is 0 Å². The first kappa shape index (κ1) is 11.8. The van der Waals surface area contributed by atoms with Crippen LogP contribution in [0.15, 0.2) is 18.2 Å². The molecular formula is C9H9F4NO. The summed E-state index contributed by atoms with van der Waals surface area (Å²) in [6.07, 6.45) is -4.80. The van der Waals surface area contributed by atoms with Crippen molar-refractivity contribution in [3.63, 3.8) is 0 Å². The van der Waals surface area contributed by atoms with E-state index in [0.29, 0.717) is 11.6 Å². The molecular weight excluding hydrogens is 214 g/mol. The van der Waals surface area contributed by atoms with Crippen LogP contribution in [-0.2, 0) is 6.54 Å². The smallest absolute Gasteiger partial charge is 0.406 e. The standard InChI is InChI=1S/C9H9F4NO/c1-14-5-6-2-7(10)4-8(3-6)15-9(11,12)13/h2-4,14H,5H2,1H3. The van der Waals surface area contributed by atoms with Crippen LogP contribution >= 0.6 is 0 Å². The Hall–Kier alpha value is -1.30. The molecule has 0 fully saturated rings. The number of halogens is 4. The van der Waals surface area contributed by atoms with Crippen LogP contribution in [0.25, 0.3) is 0 Å². The van der Waals surface area contributed by atoms with Crippen LogP contribution in [0, 0.1) is 5.82 Å². The van der Waals surface area contributed by atoms with E-state index < -0.39 is 17.9 Å². The maximum atomic E-state index is 12.9. The van der Waals surface area contributed by atoms with E-state index in [4.69, 9.17) is 0 Å². The molecule has 0 amide bonds. The molecule has 84 valence electrons. The molecule has 0 spiro atoms. The summed E-state index contributed by atoms with van der Waals surface area (Å²) in [6, 6.07) is 2.96. The first-order valence-electron chi connectivity index (χ1n) is 4.10. The van der Waals surface area contributed by atoms with Gasteiger partial charge in [-0.2, -0.15) is 0 Å². The highest BCUT2D eigenvalue weighted by atomic mass is 19.4. The van der Waals surface area contributed by atoms with E-state index in [1.54, 1.807) is 7.05 Å². The fraction of sp³-hybridized carbons (Fsp3) is 0.333. The minimum atomic E-state index is -4.80. The summed E-state index contributed by atoms with van der Waals surface area (Å²) in [5.41, 5.74) is 0.386. The van der Waals surface area contributed by atoms with E-state index in [9.17, 15) is 17.6 Å². The summed E-state index contributed by atoms with van der Waals surface area (Å²) in [4.78, 5) is 0. The predicted octanol–water partition coefficient (Wildman–Crippen LogP) is 2.44. The fourth-order valence-corrected chi connectivity index (χ4v) is 1.12. The number of benzene rings is 1. The van der Waals surface area contributed by atoms with Gasteiger partial charge in [-0.3, -0.25) is 0 Å².